The molecule has 0 spiro atoms. The number of aliphatic carboxylic acids is 1. The highest BCUT2D eigenvalue weighted by atomic mass is 35.5. The molecule has 14 radical (unpaired) electrons. The molecular weight excluding hydrogens is 383 g/mol. The highest BCUT2D eigenvalue weighted by Gasteiger charge is 2.31. The number of rotatable bonds is 5. The average molecular weight is 389 g/mol. The number of carboxylic acids is 1. The van der Waals surface area contributed by atoms with Crippen molar-refractivity contribution >= 4 is 89.5 Å². The van der Waals surface area contributed by atoms with Gasteiger partial charge in [0.2, 0.25) is 0 Å². The summed E-state index contributed by atoms with van der Waals surface area (Å²) in [6.45, 7) is 0. The Bertz CT molecular complexity index is 1010. The third-order valence-electron chi connectivity index (χ3n) is 3.84. The van der Waals surface area contributed by atoms with E-state index in [9.17, 15) is 14.7 Å². The van der Waals surface area contributed by atoms with E-state index in [1.165, 1.54) is 18.2 Å². The van der Waals surface area contributed by atoms with Gasteiger partial charge in [0.05, 0.1) is 28.9 Å². The van der Waals surface area contributed by atoms with Gasteiger partial charge in [-0.1, -0.05) is 23.2 Å². The topological polar surface area (TPSA) is 99.5 Å². The van der Waals surface area contributed by atoms with Crippen molar-refractivity contribution in [2.75, 3.05) is 0 Å². The Labute approximate surface area is 181 Å². The average Bonchev–Trinajstić information content (AvgIpc) is 2.56. The molecule has 0 aliphatic carbocycles. The summed E-state index contributed by atoms with van der Waals surface area (Å²) in [4.78, 5) is 27.0. The fourth-order valence-electron chi connectivity index (χ4n) is 2.46. The van der Waals surface area contributed by atoms with Crippen LogP contribution in [0.15, 0.2) is 18.2 Å². The summed E-state index contributed by atoms with van der Waals surface area (Å²) in [6.07, 6.45) is 0. The molecule has 3 N–H and O–H groups in total. The number of nitrogens with one attached hydrogen (secondary N) is 1. The fourth-order valence-corrected chi connectivity index (χ4v) is 2.63. The summed E-state index contributed by atoms with van der Waals surface area (Å²) in [5.74, 6) is -3.80. The number of carbonyl (C=O) groups is 2. The second-order valence-electron chi connectivity index (χ2n) is 6.23. The van der Waals surface area contributed by atoms with Crippen LogP contribution in [0.5, 0.6) is 5.75 Å². The van der Waals surface area contributed by atoms with Gasteiger partial charge in [-0.15, -0.1) is 5.11 Å². The van der Waals surface area contributed by atoms with Crippen LogP contribution in [0.1, 0.15) is 16.1 Å². The molecule has 0 aliphatic rings. The summed E-state index contributed by atoms with van der Waals surface area (Å²) >= 11 is 6.01. The molecule has 1 aromatic carbocycles. The van der Waals surface area contributed by atoms with Gasteiger partial charge >= 0.3 is 5.97 Å². The zero-order chi connectivity index (χ0) is 22.3. The van der Waals surface area contributed by atoms with E-state index in [2.05, 4.69) is 4.98 Å². The van der Waals surface area contributed by atoms with E-state index >= 15 is 0 Å². The lowest BCUT2D eigenvalue weighted by atomic mass is 9.39. The second kappa shape index (κ2) is 7.94. The predicted octanol–water partition coefficient (Wildman–Crippen LogP) is -2.88. The molecule has 128 valence electrons. The Morgan fingerprint density at radius 2 is 1.69 bits per heavy atom. The van der Waals surface area contributed by atoms with E-state index in [1.807, 2.05) is 0 Å². The van der Waals surface area contributed by atoms with Crippen molar-refractivity contribution in [3.63, 3.8) is 0 Å². The van der Waals surface area contributed by atoms with Gasteiger partial charge in [-0.05, 0) is 34.3 Å². The molecule has 1 heterocycles. The molecule has 0 atom stereocenters. The molecule has 0 saturated carbocycles. The van der Waals surface area contributed by atoms with Gasteiger partial charge in [-0.2, -0.15) is 0 Å². The van der Waals surface area contributed by atoms with Gasteiger partial charge in [0.15, 0.2) is 5.69 Å². The number of amides is 1. The van der Waals surface area contributed by atoms with Gasteiger partial charge in [-0.3, -0.25) is 14.6 Å². The zero-order valence-electron chi connectivity index (χ0n) is 14.8. The maximum atomic E-state index is 12.3. The van der Waals surface area contributed by atoms with Crippen molar-refractivity contribution in [3.05, 3.63) is 34.5 Å². The van der Waals surface area contributed by atoms with Gasteiger partial charge in [0.25, 0.3) is 5.91 Å². The first-order valence-corrected chi connectivity index (χ1v) is 8.13. The summed E-state index contributed by atoms with van der Waals surface area (Å²) in [7, 11) is 39.6. The second-order valence-corrected chi connectivity index (χ2v) is 6.67. The van der Waals surface area contributed by atoms with Crippen molar-refractivity contribution in [1.29, 1.82) is 0 Å². The Hall–Kier alpha value is -2.15. The molecule has 0 unspecified atom stereocenters. The molecule has 1 aromatic heterocycles. The Balaban J connectivity index is 2.67. The largest absolute Gasteiger partial charge is 0.506 e. The van der Waals surface area contributed by atoms with Crippen LogP contribution in [0, 0.1) is 0 Å². The minimum atomic E-state index is -2.63. The van der Waals surface area contributed by atoms with E-state index in [1.54, 1.807) is 5.32 Å². The number of aromatic hydroxyl groups is 1. The van der Waals surface area contributed by atoms with Crippen LogP contribution >= 0.6 is 11.6 Å². The minimum absolute atomic E-state index is 0.0488. The van der Waals surface area contributed by atoms with Crippen molar-refractivity contribution in [2.45, 2.75) is 10.5 Å². The van der Waals surface area contributed by atoms with Crippen LogP contribution < -0.4 is 16.4 Å². The van der Waals surface area contributed by atoms with E-state index in [0.29, 0.717) is 0 Å². The van der Waals surface area contributed by atoms with Crippen LogP contribution in [-0.2, 0) is 9.91 Å². The van der Waals surface area contributed by atoms with E-state index in [4.69, 9.17) is 71.6 Å². The monoisotopic (exact) mass is 390 g/mol. The molecule has 0 saturated heterocycles. The van der Waals surface area contributed by atoms with Crippen LogP contribution in [0.4, 0.5) is 0 Å². The molecule has 0 aliphatic heterocycles. The number of aromatic nitrogens is 1. The van der Waals surface area contributed by atoms with Gasteiger partial charge in [0, 0.05) is 5.02 Å². The lowest BCUT2D eigenvalue weighted by molar-refractivity contribution is -0.138. The number of benzene rings is 1. The first-order valence-electron chi connectivity index (χ1n) is 7.75. The molecule has 2 rings (SSSR count). The van der Waals surface area contributed by atoms with Crippen LogP contribution in [0.3, 0.4) is 0 Å². The molecule has 0 fully saturated rings. The van der Waals surface area contributed by atoms with Crippen LogP contribution in [0.25, 0.3) is 11.1 Å². The van der Waals surface area contributed by atoms with Crippen molar-refractivity contribution < 1.29 is 19.8 Å². The third kappa shape index (κ3) is 4.72. The fraction of sp³-hybridized carbons (Fsp3) is 0.133. The Morgan fingerprint density at radius 1 is 1.10 bits per heavy atom. The SMILES string of the molecule is [B]c1nc(C(=O)NC([B])([B])C(=O)O)c(O)c([B])c1-c1cc(Cl)ccc1C([B])([B])[B]. The first-order chi connectivity index (χ1) is 13.2. The molecule has 29 heavy (non-hydrogen) atoms. The normalized spacial score (nSPS) is 11.8. The summed E-state index contributed by atoms with van der Waals surface area (Å²) in [6, 6.07) is 4.28. The number of halogens is 1. The lowest BCUT2D eigenvalue weighted by Gasteiger charge is -2.27. The number of nitrogens with zero attached hydrogens (tertiary/aromatic N) is 1. The van der Waals surface area contributed by atoms with E-state index in [0.717, 1.165) is 0 Å². The zero-order valence-corrected chi connectivity index (χ0v) is 15.6. The quantitative estimate of drug-likeness (QED) is 0.477. The van der Waals surface area contributed by atoms with Crippen molar-refractivity contribution in [1.82, 2.24) is 10.3 Å². The smallest absolute Gasteiger partial charge is 0.310 e. The molecule has 6 nitrogen and oxygen atoms in total. The third-order valence-corrected chi connectivity index (χ3v) is 4.08. The highest BCUT2D eigenvalue weighted by molar-refractivity contribution is 6.59. The first kappa shape index (κ1) is 23.1. The molecule has 0 bridgehead atoms. The van der Waals surface area contributed by atoms with Crippen molar-refractivity contribution in [2.24, 2.45) is 0 Å². The number of hydrogen-bond donors (Lipinski definition) is 3. The molecule has 2 aromatic rings. The summed E-state index contributed by atoms with van der Waals surface area (Å²) in [5.41, 5.74) is -1.18. The number of carbonyl (C=O) groups excluding carboxylic acids is 1. The van der Waals surface area contributed by atoms with E-state index in [-0.39, 0.29) is 27.3 Å². The predicted molar refractivity (Wildman–Crippen MR) is 115 cm³/mol. The molecule has 1 amide bonds. The van der Waals surface area contributed by atoms with Crippen LogP contribution in [-0.4, -0.2) is 87.3 Å². The standard InChI is InChI=1S/C15H6B7ClN2O4/c16-8-7(5-3-4(23)1-2-6(5)14(18,19)20)11(17)24-9(10(8)26)12(27)25-15(21,22)13(28)29/h1-3,26H,(H,25,27)(H,28,29). The number of hydrogen-bond acceptors (Lipinski definition) is 4. The lowest BCUT2D eigenvalue weighted by Crippen LogP contribution is -2.56. The number of pyridine rings is 1. The summed E-state index contributed by atoms with van der Waals surface area (Å²) < 4.78 is 0. The Kier molecular flexibility index (Phi) is 6.33. The van der Waals surface area contributed by atoms with Gasteiger partial charge < -0.3 is 15.5 Å². The van der Waals surface area contributed by atoms with Gasteiger partial charge in [0.1, 0.15) is 37.1 Å². The summed E-state index contributed by atoms with van der Waals surface area (Å²) in [5, 5.41) is 16.8. The Morgan fingerprint density at radius 3 is 2.21 bits per heavy atom. The maximum Gasteiger partial charge on any atom is 0.310 e. The molecule has 14 heteroatoms. The molecular formula is C15H6B7ClN2O4. The van der Waals surface area contributed by atoms with Crippen LogP contribution in [0.2, 0.25) is 5.02 Å². The maximum absolute atomic E-state index is 12.3. The highest BCUT2D eigenvalue weighted by Crippen LogP contribution is 2.31. The minimum Gasteiger partial charge on any atom is -0.506 e. The van der Waals surface area contributed by atoms with Gasteiger partial charge in [-0.25, -0.2) is 0 Å². The number of carboxylic acid groups (broad SMARTS) is 1. The van der Waals surface area contributed by atoms with E-state index < -0.39 is 39.2 Å². The van der Waals surface area contributed by atoms with Crippen molar-refractivity contribution in [3.8, 4) is 16.9 Å².